The molecule has 0 amide bonds. The molecule has 1 heterocycles. The number of hydrogen-bond donors (Lipinski definition) is 1. The van der Waals surface area contributed by atoms with Gasteiger partial charge in [-0.2, -0.15) is 5.26 Å². The number of ether oxygens (including phenoxy) is 1. The zero-order chi connectivity index (χ0) is 19.5. The molecule has 144 valence electrons. The van der Waals surface area contributed by atoms with E-state index in [0.717, 1.165) is 39.6 Å². The van der Waals surface area contributed by atoms with Gasteiger partial charge in [-0.3, -0.25) is 0 Å². The SMILES string of the molecule is CCn1c(-c2ccc(NSC3CC3)cc2)c(C#N)c2ccc(OCCF)cc21. The van der Waals surface area contributed by atoms with Crippen molar-refractivity contribution < 1.29 is 9.13 Å². The number of rotatable bonds is 8. The molecule has 3 aromatic rings. The molecule has 28 heavy (non-hydrogen) atoms. The van der Waals surface area contributed by atoms with Gasteiger partial charge in [0.25, 0.3) is 0 Å². The van der Waals surface area contributed by atoms with Gasteiger partial charge in [0.05, 0.1) is 16.8 Å². The van der Waals surface area contributed by atoms with E-state index in [1.807, 2.05) is 12.1 Å². The number of nitrogens with one attached hydrogen (secondary N) is 1. The molecule has 1 aliphatic rings. The number of fused-ring (bicyclic) bond motifs is 1. The average molecular weight is 396 g/mol. The van der Waals surface area contributed by atoms with E-state index in [0.29, 0.717) is 11.3 Å². The van der Waals surface area contributed by atoms with Crippen molar-refractivity contribution in [3.8, 4) is 23.1 Å². The quantitative estimate of drug-likeness (QED) is 0.492. The lowest BCUT2D eigenvalue weighted by Crippen LogP contribution is -2.00. The Kier molecular flexibility index (Phi) is 5.45. The highest BCUT2D eigenvalue weighted by Crippen LogP contribution is 2.37. The van der Waals surface area contributed by atoms with Crippen LogP contribution in [0, 0.1) is 11.3 Å². The van der Waals surface area contributed by atoms with Gasteiger partial charge in [0, 0.05) is 28.9 Å². The van der Waals surface area contributed by atoms with E-state index in [2.05, 4.69) is 46.5 Å². The molecule has 4 nitrogen and oxygen atoms in total. The van der Waals surface area contributed by atoms with Gasteiger partial charge in [0.1, 0.15) is 25.1 Å². The lowest BCUT2D eigenvalue weighted by molar-refractivity contribution is 0.273. The smallest absolute Gasteiger partial charge is 0.123 e. The van der Waals surface area contributed by atoms with E-state index in [1.54, 1.807) is 18.0 Å². The van der Waals surface area contributed by atoms with Crippen molar-refractivity contribution in [2.75, 3.05) is 18.0 Å². The van der Waals surface area contributed by atoms with Crippen LogP contribution in [0.3, 0.4) is 0 Å². The van der Waals surface area contributed by atoms with Crippen molar-refractivity contribution in [2.45, 2.75) is 31.6 Å². The van der Waals surface area contributed by atoms with Crippen LogP contribution in [0.5, 0.6) is 5.75 Å². The zero-order valence-corrected chi connectivity index (χ0v) is 16.6. The third-order valence-corrected chi connectivity index (χ3v) is 5.99. The topological polar surface area (TPSA) is 50.0 Å². The first-order valence-electron chi connectivity index (χ1n) is 9.52. The number of aryl methyl sites for hydroxylation is 1. The molecule has 0 spiro atoms. The second-order valence-electron chi connectivity index (χ2n) is 6.79. The molecule has 2 aromatic carbocycles. The number of anilines is 1. The maximum absolute atomic E-state index is 12.4. The van der Waals surface area contributed by atoms with Crippen LogP contribution in [0.25, 0.3) is 22.2 Å². The summed E-state index contributed by atoms with van der Waals surface area (Å²) < 4.78 is 23.4. The minimum Gasteiger partial charge on any atom is -0.491 e. The molecule has 0 unspecified atom stereocenters. The Morgan fingerprint density at radius 3 is 2.68 bits per heavy atom. The minimum atomic E-state index is -0.527. The molecule has 4 rings (SSSR count). The Morgan fingerprint density at radius 2 is 2.04 bits per heavy atom. The van der Waals surface area contributed by atoms with Crippen LogP contribution in [0.2, 0.25) is 0 Å². The van der Waals surface area contributed by atoms with Crippen molar-refractivity contribution in [2.24, 2.45) is 0 Å². The normalized spacial score (nSPS) is 13.5. The molecule has 0 bridgehead atoms. The van der Waals surface area contributed by atoms with E-state index in [-0.39, 0.29) is 6.61 Å². The molecule has 0 radical (unpaired) electrons. The highest BCUT2D eigenvalue weighted by Gasteiger charge is 2.22. The molecule has 0 aliphatic heterocycles. The maximum atomic E-state index is 12.4. The average Bonchev–Trinajstić information content (AvgIpc) is 3.51. The summed E-state index contributed by atoms with van der Waals surface area (Å²) >= 11 is 1.78. The van der Waals surface area contributed by atoms with Crippen LogP contribution in [0.4, 0.5) is 10.1 Å². The van der Waals surface area contributed by atoms with E-state index in [1.165, 1.54) is 12.8 Å². The van der Waals surface area contributed by atoms with Crippen LogP contribution in [0.15, 0.2) is 42.5 Å². The lowest BCUT2D eigenvalue weighted by Gasteiger charge is -2.11. The van der Waals surface area contributed by atoms with Crippen LogP contribution in [0.1, 0.15) is 25.3 Å². The fourth-order valence-electron chi connectivity index (χ4n) is 3.35. The first-order chi connectivity index (χ1) is 13.7. The lowest BCUT2D eigenvalue weighted by atomic mass is 10.1. The first-order valence-corrected chi connectivity index (χ1v) is 10.4. The molecule has 6 heteroatoms. The molecule has 1 saturated carbocycles. The molecular weight excluding hydrogens is 373 g/mol. The van der Waals surface area contributed by atoms with Crippen molar-refractivity contribution in [1.29, 1.82) is 5.26 Å². The fraction of sp³-hybridized carbons (Fsp3) is 0.318. The molecule has 1 aromatic heterocycles. The third kappa shape index (κ3) is 3.67. The Hall–Kier alpha value is -2.65. The van der Waals surface area contributed by atoms with E-state index in [4.69, 9.17) is 4.74 Å². The summed E-state index contributed by atoms with van der Waals surface area (Å²) in [6.07, 6.45) is 2.57. The van der Waals surface area contributed by atoms with Gasteiger partial charge >= 0.3 is 0 Å². The molecule has 1 fully saturated rings. The number of halogens is 1. The van der Waals surface area contributed by atoms with E-state index < -0.39 is 6.67 Å². The van der Waals surface area contributed by atoms with Crippen LogP contribution >= 0.6 is 11.9 Å². The van der Waals surface area contributed by atoms with Crippen LogP contribution in [-0.4, -0.2) is 23.1 Å². The minimum absolute atomic E-state index is 0.0314. The van der Waals surface area contributed by atoms with Gasteiger partial charge in [-0.1, -0.05) is 12.1 Å². The second-order valence-corrected chi connectivity index (χ2v) is 7.90. The highest BCUT2D eigenvalue weighted by atomic mass is 32.2. The monoisotopic (exact) mass is 395 g/mol. The summed E-state index contributed by atoms with van der Waals surface area (Å²) in [4.78, 5) is 0. The van der Waals surface area contributed by atoms with E-state index in [9.17, 15) is 9.65 Å². The molecule has 0 atom stereocenters. The van der Waals surface area contributed by atoms with Gasteiger partial charge in [-0.25, -0.2) is 4.39 Å². The molecular formula is C22H22FN3OS. The van der Waals surface area contributed by atoms with Crippen molar-refractivity contribution in [3.63, 3.8) is 0 Å². The third-order valence-electron chi connectivity index (χ3n) is 4.84. The van der Waals surface area contributed by atoms with Gasteiger partial charge in [-0.15, -0.1) is 0 Å². The Bertz CT molecular complexity index is 1020. The predicted molar refractivity (Wildman–Crippen MR) is 113 cm³/mol. The van der Waals surface area contributed by atoms with Gasteiger partial charge < -0.3 is 14.0 Å². The molecule has 0 saturated heterocycles. The Morgan fingerprint density at radius 1 is 1.25 bits per heavy atom. The Balaban J connectivity index is 1.73. The van der Waals surface area contributed by atoms with E-state index >= 15 is 0 Å². The largest absolute Gasteiger partial charge is 0.491 e. The molecule has 1 aliphatic carbocycles. The summed E-state index contributed by atoms with van der Waals surface area (Å²) in [5.74, 6) is 0.616. The summed E-state index contributed by atoms with van der Waals surface area (Å²) in [5.41, 5.74) is 4.56. The summed E-state index contributed by atoms with van der Waals surface area (Å²) in [5, 5.41) is 11.5. The van der Waals surface area contributed by atoms with Crippen molar-refractivity contribution in [1.82, 2.24) is 4.57 Å². The number of benzene rings is 2. The predicted octanol–water partition coefficient (Wildman–Crippen LogP) is 5.77. The zero-order valence-electron chi connectivity index (χ0n) is 15.7. The number of aromatic nitrogens is 1. The summed E-state index contributed by atoms with van der Waals surface area (Å²) in [7, 11) is 0. The van der Waals surface area contributed by atoms with Gasteiger partial charge in [0.2, 0.25) is 0 Å². The highest BCUT2D eigenvalue weighted by molar-refractivity contribution is 8.01. The second kappa shape index (κ2) is 8.15. The van der Waals surface area contributed by atoms with Crippen molar-refractivity contribution in [3.05, 3.63) is 48.0 Å². The fourth-order valence-corrected chi connectivity index (χ4v) is 4.16. The standard InChI is InChI=1S/C22H22FN3OS/c1-2-26-21-13-17(27-12-11-23)7-10-19(21)20(14-24)22(26)15-3-5-16(6-4-15)25-28-18-8-9-18/h3-7,10,13,18,25H,2,8-9,11-12H2,1H3. The summed E-state index contributed by atoms with van der Waals surface area (Å²) in [6.45, 7) is 2.28. The van der Waals surface area contributed by atoms with Crippen molar-refractivity contribution >= 4 is 28.5 Å². The number of nitrogens with zero attached hydrogens (tertiary/aromatic N) is 2. The Labute approximate surface area is 168 Å². The van der Waals surface area contributed by atoms with Crippen LogP contribution < -0.4 is 9.46 Å². The van der Waals surface area contributed by atoms with Gasteiger partial charge in [0.15, 0.2) is 0 Å². The number of alkyl halides is 1. The number of nitriles is 1. The molecule has 1 N–H and O–H groups in total. The van der Waals surface area contributed by atoms with Gasteiger partial charge in [-0.05, 0) is 61.5 Å². The summed E-state index contributed by atoms with van der Waals surface area (Å²) in [6, 6.07) is 16.2. The number of hydrogen-bond acceptors (Lipinski definition) is 4. The van der Waals surface area contributed by atoms with Crippen LogP contribution in [-0.2, 0) is 6.54 Å². The first kappa shape index (κ1) is 18.7. The maximum Gasteiger partial charge on any atom is 0.123 e.